The van der Waals surface area contributed by atoms with E-state index in [-0.39, 0.29) is 0 Å². The van der Waals surface area contributed by atoms with E-state index in [0.29, 0.717) is 0 Å². The summed E-state index contributed by atoms with van der Waals surface area (Å²) in [6, 6.07) is 13.8. The van der Waals surface area contributed by atoms with Gasteiger partial charge in [0, 0.05) is 15.5 Å². The number of aromatic nitrogens is 2. The molecule has 0 amide bonds. The van der Waals surface area contributed by atoms with Crippen molar-refractivity contribution in [1.82, 2.24) is 9.78 Å². The van der Waals surface area contributed by atoms with Crippen molar-refractivity contribution in [3.8, 4) is 5.69 Å². The molecule has 0 atom stereocenters. The third-order valence-corrected chi connectivity index (χ3v) is 3.19. The lowest BCUT2D eigenvalue weighted by Crippen LogP contribution is -1.95. The van der Waals surface area contributed by atoms with Crippen molar-refractivity contribution < 1.29 is 0 Å². The van der Waals surface area contributed by atoms with Gasteiger partial charge in [-0.2, -0.15) is 5.10 Å². The predicted molar refractivity (Wildman–Crippen MR) is 73.2 cm³/mol. The average Bonchev–Trinajstić information content (AvgIpc) is 2.73. The average molecular weight is 288 g/mol. The highest BCUT2D eigenvalue weighted by molar-refractivity contribution is 9.10. The summed E-state index contributed by atoms with van der Waals surface area (Å²) in [6.07, 6.45) is 1.83. The molecule has 17 heavy (non-hydrogen) atoms. The number of nitrogens with two attached hydrogens (primary N) is 1. The minimum atomic E-state index is 0.757. The molecule has 2 N–H and O–H groups in total. The number of nitrogens with zero attached hydrogens (tertiary/aromatic N) is 2. The molecule has 0 saturated carbocycles. The van der Waals surface area contributed by atoms with Gasteiger partial charge >= 0.3 is 0 Å². The largest absolute Gasteiger partial charge is 0.399 e. The summed E-state index contributed by atoms with van der Waals surface area (Å²) in [7, 11) is 0. The Hall–Kier alpha value is -1.81. The lowest BCUT2D eigenvalue weighted by atomic mass is 10.2. The first kappa shape index (κ1) is 10.4. The van der Waals surface area contributed by atoms with Crippen LogP contribution in [0.25, 0.3) is 16.6 Å². The molecule has 3 rings (SSSR count). The van der Waals surface area contributed by atoms with Crippen molar-refractivity contribution in [1.29, 1.82) is 0 Å². The summed E-state index contributed by atoms with van der Waals surface area (Å²) in [5.74, 6) is 0. The Morgan fingerprint density at radius 2 is 1.82 bits per heavy atom. The van der Waals surface area contributed by atoms with Crippen LogP contribution in [0, 0.1) is 0 Å². The van der Waals surface area contributed by atoms with E-state index in [9.17, 15) is 0 Å². The van der Waals surface area contributed by atoms with Crippen molar-refractivity contribution >= 4 is 32.5 Å². The molecule has 1 heterocycles. The Balaban J connectivity index is 2.21. The molecule has 0 aliphatic heterocycles. The van der Waals surface area contributed by atoms with Crippen molar-refractivity contribution in [3.05, 3.63) is 53.1 Å². The number of halogens is 1. The molecule has 0 aliphatic rings. The monoisotopic (exact) mass is 287 g/mol. The van der Waals surface area contributed by atoms with Gasteiger partial charge < -0.3 is 5.73 Å². The van der Waals surface area contributed by atoms with E-state index in [2.05, 4.69) is 21.0 Å². The van der Waals surface area contributed by atoms with Gasteiger partial charge in [-0.25, -0.2) is 4.68 Å². The number of fused-ring (bicyclic) bond motifs is 1. The molecule has 1 aromatic heterocycles. The standard InChI is InChI=1S/C13H10BrN3/c14-10-1-4-12(5-2-10)17-13-6-3-11(15)7-9(13)8-16-17/h1-8H,15H2. The normalized spacial score (nSPS) is 10.9. The Morgan fingerprint density at radius 1 is 1.06 bits per heavy atom. The third kappa shape index (κ3) is 1.80. The number of hydrogen-bond acceptors (Lipinski definition) is 2. The molecule has 0 unspecified atom stereocenters. The van der Waals surface area contributed by atoms with Crippen LogP contribution in [0.3, 0.4) is 0 Å². The molecule has 2 aromatic carbocycles. The SMILES string of the molecule is Nc1ccc2c(cnn2-c2ccc(Br)cc2)c1. The first-order valence-corrected chi connectivity index (χ1v) is 6.02. The summed E-state index contributed by atoms with van der Waals surface area (Å²) in [5.41, 5.74) is 8.60. The van der Waals surface area contributed by atoms with Crippen molar-refractivity contribution in [2.45, 2.75) is 0 Å². The van der Waals surface area contributed by atoms with Crippen LogP contribution in [0.1, 0.15) is 0 Å². The summed E-state index contributed by atoms with van der Waals surface area (Å²) < 4.78 is 2.96. The number of nitrogen functional groups attached to an aromatic ring is 1. The van der Waals surface area contributed by atoms with Crippen LogP contribution in [0.5, 0.6) is 0 Å². The van der Waals surface area contributed by atoms with Gasteiger partial charge in [-0.15, -0.1) is 0 Å². The van der Waals surface area contributed by atoms with Crippen LogP contribution in [0.15, 0.2) is 53.1 Å². The van der Waals surface area contributed by atoms with E-state index in [0.717, 1.165) is 26.8 Å². The van der Waals surface area contributed by atoms with E-state index in [1.165, 1.54) is 0 Å². The van der Waals surface area contributed by atoms with E-state index in [4.69, 9.17) is 5.73 Å². The second kappa shape index (κ2) is 3.89. The molecular weight excluding hydrogens is 278 g/mol. The van der Waals surface area contributed by atoms with Gasteiger partial charge in [-0.1, -0.05) is 15.9 Å². The fraction of sp³-hybridized carbons (Fsp3) is 0. The van der Waals surface area contributed by atoms with Crippen LogP contribution in [0.4, 0.5) is 5.69 Å². The predicted octanol–water partition coefficient (Wildman–Crippen LogP) is 3.37. The summed E-state index contributed by atoms with van der Waals surface area (Å²) in [4.78, 5) is 0. The third-order valence-electron chi connectivity index (χ3n) is 2.66. The van der Waals surface area contributed by atoms with Gasteiger partial charge in [0.1, 0.15) is 0 Å². The second-order valence-corrected chi connectivity index (χ2v) is 4.77. The lowest BCUT2D eigenvalue weighted by Gasteiger charge is -2.03. The smallest absolute Gasteiger partial charge is 0.0742 e. The summed E-state index contributed by atoms with van der Waals surface area (Å²) in [5, 5.41) is 5.43. The molecule has 0 aliphatic carbocycles. The topological polar surface area (TPSA) is 43.8 Å². The number of anilines is 1. The molecular formula is C13H10BrN3. The highest BCUT2D eigenvalue weighted by atomic mass is 79.9. The fourth-order valence-corrected chi connectivity index (χ4v) is 2.10. The first-order chi connectivity index (χ1) is 8.24. The van der Waals surface area contributed by atoms with E-state index in [1.54, 1.807) is 0 Å². The van der Waals surface area contributed by atoms with Crippen molar-refractivity contribution in [3.63, 3.8) is 0 Å². The van der Waals surface area contributed by atoms with Gasteiger partial charge in [-0.05, 0) is 42.5 Å². The quantitative estimate of drug-likeness (QED) is 0.698. The van der Waals surface area contributed by atoms with E-state index < -0.39 is 0 Å². The van der Waals surface area contributed by atoms with Gasteiger partial charge in [0.15, 0.2) is 0 Å². The highest BCUT2D eigenvalue weighted by Gasteiger charge is 2.04. The zero-order chi connectivity index (χ0) is 11.8. The maximum absolute atomic E-state index is 5.75. The Morgan fingerprint density at radius 3 is 2.59 bits per heavy atom. The molecule has 0 spiro atoms. The molecule has 3 nitrogen and oxygen atoms in total. The van der Waals surface area contributed by atoms with Gasteiger partial charge in [0.05, 0.1) is 17.4 Å². The van der Waals surface area contributed by atoms with E-state index >= 15 is 0 Å². The zero-order valence-corrected chi connectivity index (χ0v) is 10.6. The minimum Gasteiger partial charge on any atom is -0.399 e. The molecule has 3 aromatic rings. The fourth-order valence-electron chi connectivity index (χ4n) is 1.84. The van der Waals surface area contributed by atoms with Gasteiger partial charge in [0.25, 0.3) is 0 Å². The van der Waals surface area contributed by atoms with Crippen LogP contribution in [-0.4, -0.2) is 9.78 Å². The number of benzene rings is 2. The van der Waals surface area contributed by atoms with Crippen molar-refractivity contribution in [2.75, 3.05) is 5.73 Å². The molecule has 0 fully saturated rings. The van der Waals surface area contributed by atoms with E-state index in [1.807, 2.05) is 53.3 Å². The van der Waals surface area contributed by atoms with Gasteiger partial charge in [0.2, 0.25) is 0 Å². The molecule has 0 bridgehead atoms. The zero-order valence-electron chi connectivity index (χ0n) is 8.97. The Kier molecular flexibility index (Phi) is 2.37. The van der Waals surface area contributed by atoms with Gasteiger partial charge in [-0.3, -0.25) is 0 Å². The second-order valence-electron chi connectivity index (χ2n) is 3.85. The first-order valence-electron chi connectivity index (χ1n) is 5.23. The maximum Gasteiger partial charge on any atom is 0.0742 e. The van der Waals surface area contributed by atoms with Crippen LogP contribution >= 0.6 is 15.9 Å². The number of rotatable bonds is 1. The maximum atomic E-state index is 5.75. The van der Waals surface area contributed by atoms with Crippen LogP contribution < -0.4 is 5.73 Å². The van der Waals surface area contributed by atoms with Crippen LogP contribution in [-0.2, 0) is 0 Å². The summed E-state index contributed by atoms with van der Waals surface area (Å²) in [6.45, 7) is 0. The molecule has 4 heteroatoms. The van der Waals surface area contributed by atoms with Crippen LogP contribution in [0.2, 0.25) is 0 Å². The lowest BCUT2D eigenvalue weighted by molar-refractivity contribution is 0.910. The Labute approximate surface area is 107 Å². The molecule has 84 valence electrons. The summed E-state index contributed by atoms with van der Waals surface area (Å²) >= 11 is 3.42. The highest BCUT2D eigenvalue weighted by Crippen LogP contribution is 2.21. The van der Waals surface area contributed by atoms with Crippen molar-refractivity contribution in [2.24, 2.45) is 0 Å². The number of hydrogen-bond donors (Lipinski definition) is 1. The minimum absolute atomic E-state index is 0.757. The molecule has 0 saturated heterocycles. The Bertz CT molecular complexity index is 671. The molecule has 0 radical (unpaired) electrons.